The van der Waals surface area contributed by atoms with Crippen molar-refractivity contribution in [2.75, 3.05) is 37.8 Å². The Morgan fingerprint density at radius 2 is 1.91 bits per heavy atom. The average Bonchev–Trinajstić information content (AvgIpc) is 2.78. The van der Waals surface area contributed by atoms with Gasteiger partial charge in [-0.25, -0.2) is 9.97 Å². The summed E-state index contributed by atoms with van der Waals surface area (Å²) in [5.74, 6) is 1.03. The summed E-state index contributed by atoms with van der Waals surface area (Å²) < 4.78 is 13.0. The highest BCUT2D eigenvalue weighted by molar-refractivity contribution is 14.1. The molecule has 0 amide bonds. The Balaban J connectivity index is 1.62. The van der Waals surface area contributed by atoms with Gasteiger partial charge >= 0.3 is 0 Å². The van der Waals surface area contributed by atoms with Crippen LogP contribution in [0.2, 0.25) is 0 Å². The number of hydrogen-bond donors (Lipinski definition) is 0. The van der Waals surface area contributed by atoms with E-state index in [9.17, 15) is 0 Å². The van der Waals surface area contributed by atoms with Crippen molar-refractivity contribution in [1.82, 2.24) is 9.97 Å². The molecule has 3 heterocycles. The van der Waals surface area contributed by atoms with Gasteiger partial charge in [0.1, 0.15) is 12.1 Å². The van der Waals surface area contributed by atoms with E-state index >= 15 is 0 Å². The molecule has 122 valence electrons. The second kappa shape index (κ2) is 6.49. The fraction of sp³-hybridized carbons (Fsp3) is 0.529. The van der Waals surface area contributed by atoms with Crippen molar-refractivity contribution in [2.24, 2.45) is 0 Å². The van der Waals surface area contributed by atoms with E-state index in [1.54, 1.807) is 6.33 Å². The van der Waals surface area contributed by atoms with E-state index in [4.69, 9.17) is 9.47 Å². The zero-order valence-corrected chi connectivity index (χ0v) is 15.2. The molecule has 0 bridgehead atoms. The molecule has 23 heavy (non-hydrogen) atoms. The lowest BCUT2D eigenvalue weighted by atomic mass is 9.90. The third-order valence-electron chi connectivity index (χ3n) is 4.89. The first-order chi connectivity index (χ1) is 11.3. The van der Waals surface area contributed by atoms with Crippen LogP contribution in [0, 0.1) is 3.57 Å². The molecule has 0 saturated carbocycles. The molecule has 2 aliphatic rings. The highest BCUT2D eigenvalue weighted by atomic mass is 127. The van der Waals surface area contributed by atoms with E-state index < -0.39 is 0 Å². The molecule has 0 N–H and O–H groups in total. The van der Waals surface area contributed by atoms with Crippen molar-refractivity contribution < 1.29 is 9.47 Å². The van der Waals surface area contributed by atoms with Crippen LogP contribution < -0.4 is 4.90 Å². The smallest absolute Gasteiger partial charge is 0.139 e. The monoisotopic (exact) mass is 425 g/mol. The van der Waals surface area contributed by atoms with Gasteiger partial charge in [-0.05, 0) is 60.1 Å². The standard InChI is InChI=1S/C17H20IN3O2/c18-13-1-2-15-14(11-13)16(20-12-19-15)21-6-3-17(23-10-7-21)4-8-22-9-5-17/h1-2,11-12H,3-10H2. The van der Waals surface area contributed by atoms with E-state index in [2.05, 4.69) is 55.7 Å². The fourth-order valence-corrected chi connectivity index (χ4v) is 4.00. The molecule has 0 atom stereocenters. The molecule has 2 saturated heterocycles. The second-order valence-corrected chi connectivity index (χ2v) is 7.49. The van der Waals surface area contributed by atoms with E-state index in [1.807, 2.05) is 0 Å². The number of halogens is 1. The number of rotatable bonds is 1. The molecule has 0 unspecified atom stereocenters. The van der Waals surface area contributed by atoms with Crippen molar-refractivity contribution in [3.05, 3.63) is 28.1 Å². The highest BCUT2D eigenvalue weighted by Crippen LogP contribution is 2.33. The number of benzene rings is 1. The summed E-state index contributed by atoms with van der Waals surface area (Å²) in [6, 6.07) is 6.32. The van der Waals surface area contributed by atoms with Crippen LogP contribution in [0.1, 0.15) is 19.3 Å². The molecular weight excluding hydrogens is 405 g/mol. The van der Waals surface area contributed by atoms with Gasteiger partial charge in [0.25, 0.3) is 0 Å². The van der Waals surface area contributed by atoms with Crippen LogP contribution in [0.3, 0.4) is 0 Å². The lowest BCUT2D eigenvalue weighted by Crippen LogP contribution is -2.39. The number of fused-ring (bicyclic) bond motifs is 1. The Kier molecular flexibility index (Phi) is 4.38. The number of ether oxygens (including phenoxy) is 2. The first kappa shape index (κ1) is 15.5. The minimum absolute atomic E-state index is 0.00422. The highest BCUT2D eigenvalue weighted by Gasteiger charge is 2.36. The van der Waals surface area contributed by atoms with Gasteiger partial charge in [0, 0.05) is 35.3 Å². The minimum atomic E-state index is 0.00422. The Labute approximate surface area is 149 Å². The van der Waals surface area contributed by atoms with Crippen molar-refractivity contribution in [3.63, 3.8) is 0 Å². The number of hydrogen-bond acceptors (Lipinski definition) is 5. The molecule has 0 aliphatic carbocycles. The van der Waals surface area contributed by atoms with Crippen LogP contribution in [0.25, 0.3) is 10.9 Å². The molecule has 2 fully saturated rings. The molecule has 1 aromatic heterocycles. The third kappa shape index (κ3) is 3.16. The van der Waals surface area contributed by atoms with Gasteiger partial charge in [0.2, 0.25) is 0 Å². The molecule has 5 nitrogen and oxygen atoms in total. The van der Waals surface area contributed by atoms with E-state index in [0.717, 1.165) is 68.9 Å². The predicted octanol–water partition coefficient (Wildman–Crippen LogP) is 3.01. The summed E-state index contributed by atoms with van der Waals surface area (Å²) in [5.41, 5.74) is 1.01. The summed E-state index contributed by atoms with van der Waals surface area (Å²) in [6.45, 7) is 4.22. The van der Waals surface area contributed by atoms with Gasteiger partial charge in [-0.2, -0.15) is 0 Å². The van der Waals surface area contributed by atoms with Gasteiger partial charge in [-0.15, -0.1) is 0 Å². The first-order valence-corrected chi connectivity index (χ1v) is 9.21. The molecular formula is C17H20IN3O2. The number of aromatic nitrogens is 2. The number of anilines is 1. The van der Waals surface area contributed by atoms with Crippen LogP contribution in [0.4, 0.5) is 5.82 Å². The lowest BCUT2D eigenvalue weighted by Gasteiger charge is -2.35. The van der Waals surface area contributed by atoms with Gasteiger partial charge in [0.15, 0.2) is 0 Å². The fourth-order valence-electron chi connectivity index (χ4n) is 3.51. The van der Waals surface area contributed by atoms with Crippen molar-refractivity contribution in [3.8, 4) is 0 Å². The van der Waals surface area contributed by atoms with Gasteiger partial charge in [0.05, 0.1) is 17.7 Å². The Hall–Kier alpha value is -0.990. The molecule has 6 heteroatoms. The van der Waals surface area contributed by atoms with Crippen LogP contribution in [-0.4, -0.2) is 48.5 Å². The molecule has 1 spiro atoms. The molecule has 2 aromatic rings. The van der Waals surface area contributed by atoms with E-state index in [-0.39, 0.29) is 5.60 Å². The molecule has 1 aromatic carbocycles. The maximum atomic E-state index is 6.25. The van der Waals surface area contributed by atoms with E-state index in [0.29, 0.717) is 0 Å². The molecule has 0 radical (unpaired) electrons. The molecule has 4 rings (SSSR count). The summed E-state index contributed by atoms with van der Waals surface area (Å²) in [4.78, 5) is 11.3. The Morgan fingerprint density at radius 3 is 2.78 bits per heavy atom. The van der Waals surface area contributed by atoms with Crippen LogP contribution in [-0.2, 0) is 9.47 Å². The number of nitrogens with zero attached hydrogens (tertiary/aromatic N) is 3. The largest absolute Gasteiger partial charge is 0.381 e. The second-order valence-electron chi connectivity index (χ2n) is 6.24. The van der Waals surface area contributed by atoms with E-state index in [1.165, 1.54) is 3.57 Å². The van der Waals surface area contributed by atoms with Crippen molar-refractivity contribution in [2.45, 2.75) is 24.9 Å². The lowest BCUT2D eigenvalue weighted by molar-refractivity contribution is -0.105. The van der Waals surface area contributed by atoms with Gasteiger partial charge in [-0.3, -0.25) is 0 Å². The SMILES string of the molecule is Ic1ccc2ncnc(N3CCOC4(CCOCC4)CC3)c2c1. The summed E-state index contributed by atoms with van der Waals surface area (Å²) in [7, 11) is 0. The van der Waals surface area contributed by atoms with Crippen LogP contribution in [0.5, 0.6) is 0 Å². The van der Waals surface area contributed by atoms with Crippen molar-refractivity contribution in [1.29, 1.82) is 0 Å². The Bertz CT molecular complexity index is 703. The third-order valence-corrected chi connectivity index (χ3v) is 5.56. The maximum Gasteiger partial charge on any atom is 0.139 e. The summed E-state index contributed by atoms with van der Waals surface area (Å²) >= 11 is 2.34. The zero-order valence-electron chi connectivity index (χ0n) is 13.0. The van der Waals surface area contributed by atoms with Gasteiger partial charge in [-0.1, -0.05) is 0 Å². The Morgan fingerprint density at radius 1 is 1.04 bits per heavy atom. The van der Waals surface area contributed by atoms with Crippen LogP contribution >= 0.6 is 22.6 Å². The minimum Gasteiger partial charge on any atom is -0.381 e. The average molecular weight is 425 g/mol. The molecule has 2 aliphatic heterocycles. The van der Waals surface area contributed by atoms with Crippen LogP contribution in [0.15, 0.2) is 24.5 Å². The van der Waals surface area contributed by atoms with Crippen molar-refractivity contribution >= 4 is 39.3 Å². The quantitative estimate of drug-likeness (QED) is 0.658. The zero-order chi connectivity index (χ0) is 15.7. The predicted molar refractivity (Wildman–Crippen MR) is 97.8 cm³/mol. The van der Waals surface area contributed by atoms with Gasteiger partial charge < -0.3 is 14.4 Å². The summed E-state index contributed by atoms with van der Waals surface area (Å²) in [5, 5.41) is 1.13. The first-order valence-electron chi connectivity index (χ1n) is 8.13. The topological polar surface area (TPSA) is 47.5 Å². The maximum absolute atomic E-state index is 6.25. The normalized spacial score (nSPS) is 21.5. The summed E-state index contributed by atoms with van der Waals surface area (Å²) in [6.07, 6.45) is 4.71.